The summed E-state index contributed by atoms with van der Waals surface area (Å²) in [7, 11) is 0. The van der Waals surface area contributed by atoms with Crippen molar-refractivity contribution in [2.24, 2.45) is 29.1 Å². The van der Waals surface area contributed by atoms with E-state index in [0.29, 0.717) is 5.41 Å². The molecule has 0 radical (unpaired) electrons. The standard InChI is InChI=1S/C16H31N/c1-5-15(6-2)16(11-17-10-12(3)4)8-13-7-14(13)9-16/h12-15,17H,5-11H2,1-4H3. The second kappa shape index (κ2) is 5.30. The van der Waals surface area contributed by atoms with Gasteiger partial charge in [-0.05, 0) is 54.9 Å². The van der Waals surface area contributed by atoms with Gasteiger partial charge in [0.05, 0.1) is 0 Å². The third-order valence-corrected chi connectivity index (χ3v) is 5.29. The molecule has 0 aromatic rings. The van der Waals surface area contributed by atoms with Crippen molar-refractivity contribution in [3.05, 3.63) is 0 Å². The lowest BCUT2D eigenvalue weighted by atomic mass is 9.69. The van der Waals surface area contributed by atoms with Crippen LogP contribution >= 0.6 is 0 Å². The van der Waals surface area contributed by atoms with Gasteiger partial charge in [0.15, 0.2) is 0 Å². The molecule has 0 heterocycles. The molecule has 1 heteroatoms. The van der Waals surface area contributed by atoms with Crippen LogP contribution in [0.5, 0.6) is 0 Å². The first kappa shape index (κ1) is 13.4. The fourth-order valence-electron chi connectivity index (χ4n) is 4.32. The van der Waals surface area contributed by atoms with Gasteiger partial charge >= 0.3 is 0 Å². The molecule has 2 rings (SSSR count). The number of rotatable bonds is 7. The zero-order valence-corrected chi connectivity index (χ0v) is 12.3. The van der Waals surface area contributed by atoms with Gasteiger partial charge < -0.3 is 5.32 Å². The molecule has 0 amide bonds. The average molecular weight is 237 g/mol. The third-order valence-electron chi connectivity index (χ3n) is 5.29. The van der Waals surface area contributed by atoms with Gasteiger partial charge in [-0.3, -0.25) is 0 Å². The molecule has 0 spiro atoms. The summed E-state index contributed by atoms with van der Waals surface area (Å²) in [5.41, 5.74) is 0.659. The quantitative estimate of drug-likeness (QED) is 0.703. The SMILES string of the molecule is CCC(CC)C1(CNCC(C)C)CC2CC2C1. The maximum Gasteiger partial charge on any atom is 0.00108 e. The van der Waals surface area contributed by atoms with Crippen molar-refractivity contribution in [2.75, 3.05) is 13.1 Å². The molecule has 0 bridgehead atoms. The van der Waals surface area contributed by atoms with Crippen LogP contribution in [0.3, 0.4) is 0 Å². The molecule has 2 saturated carbocycles. The van der Waals surface area contributed by atoms with Crippen molar-refractivity contribution >= 4 is 0 Å². The number of nitrogens with one attached hydrogen (secondary N) is 1. The Morgan fingerprint density at radius 3 is 2.18 bits per heavy atom. The maximum absolute atomic E-state index is 3.76. The van der Waals surface area contributed by atoms with Crippen LogP contribution in [-0.2, 0) is 0 Å². The van der Waals surface area contributed by atoms with Gasteiger partial charge in [0.2, 0.25) is 0 Å². The highest BCUT2D eigenvalue weighted by Gasteiger charge is 2.55. The Kier molecular flexibility index (Phi) is 4.18. The summed E-state index contributed by atoms with van der Waals surface area (Å²) in [5.74, 6) is 3.95. The van der Waals surface area contributed by atoms with E-state index in [1.165, 1.54) is 38.8 Å². The Labute approximate surface area is 108 Å². The first-order valence-corrected chi connectivity index (χ1v) is 7.82. The summed E-state index contributed by atoms with van der Waals surface area (Å²) >= 11 is 0. The van der Waals surface area contributed by atoms with Crippen LogP contribution < -0.4 is 5.32 Å². The zero-order valence-electron chi connectivity index (χ0n) is 12.3. The molecule has 100 valence electrons. The predicted molar refractivity (Wildman–Crippen MR) is 75.0 cm³/mol. The molecular formula is C16H31N. The smallest absolute Gasteiger partial charge is 0.00108 e. The fraction of sp³-hybridized carbons (Fsp3) is 1.00. The Bertz CT molecular complexity index is 232. The molecule has 0 aromatic carbocycles. The normalized spacial score (nSPS) is 35.6. The van der Waals surface area contributed by atoms with E-state index in [1.54, 1.807) is 6.42 Å². The summed E-state index contributed by atoms with van der Waals surface area (Å²) < 4.78 is 0. The van der Waals surface area contributed by atoms with Crippen molar-refractivity contribution in [1.82, 2.24) is 5.32 Å². The van der Waals surface area contributed by atoms with Crippen molar-refractivity contribution in [3.63, 3.8) is 0 Å². The van der Waals surface area contributed by atoms with Crippen molar-refractivity contribution in [1.29, 1.82) is 0 Å². The van der Waals surface area contributed by atoms with Crippen LogP contribution in [0.2, 0.25) is 0 Å². The van der Waals surface area contributed by atoms with E-state index >= 15 is 0 Å². The molecule has 0 aromatic heterocycles. The van der Waals surface area contributed by atoms with Gasteiger partial charge in [-0.2, -0.15) is 0 Å². The minimum atomic E-state index is 0.659. The van der Waals surface area contributed by atoms with Gasteiger partial charge in [0.25, 0.3) is 0 Å². The van der Waals surface area contributed by atoms with E-state index in [0.717, 1.165) is 23.7 Å². The molecule has 1 N–H and O–H groups in total. The molecule has 2 unspecified atom stereocenters. The molecule has 2 fully saturated rings. The van der Waals surface area contributed by atoms with Crippen LogP contribution in [-0.4, -0.2) is 13.1 Å². The minimum Gasteiger partial charge on any atom is -0.316 e. The molecule has 2 atom stereocenters. The van der Waals surface area contributed by atoms with Gasteiger partial charge in [-0.15, -0.1) is 0 Å². The lowest BCUT2D eigenvalue weighted by Crippen LogP contribution is -2.40. The number of fused-ring (bicyclic) bond motifs is 1. The van der Waals surface area contributed by atoms with Crippen LogP contribution in [0.15, 0.2) is 0 Å². The topological polar surface area (TPSA) is 12.0 Å². The molecule has 0 aliphatic heterocycles. The summed E-state index contributed by atoms with van der Waals surface area (Å²) in [6.07, 6.45) is 7.34. The van der Waals surface area contributed by atoms with Crippen LogP contribution in [0.25, 0.3) is 0 Å². The van der Waals surface area contributed by atoms with E-state index < -0.39 is 0 Å². The second-order valence-corrected chi connectivity index (χ2v) is 7.06. The Hall–Kier alpha value is -0.0400. The summed E-state index contributed by atoms with van der Waals surface area (Å²) in [5, 5.41) is 3.76. The Morgan fingerprint density at radius 1 is 1.12 bits per heavy atom. The van der Waals surface area contributed by atoms with Gasteiger partial charge in [-0.25, -0.2) is 0 Å². The van der Waals surface area contributed by atoms with Gasteiger partial charge in [0, 0.05) is 6.54 Å². The number of hydrogen-bond acceptors (Lipinski definition) is 1. The molecule has 17 heavy (non-hydrogen) atoms. The largest absolute Gasteiger partial charge is 0.316 e. The van der Waals surface area contributed by atoms with Crippen molar-refractivity contribution in [3.8, 4) is 0 Å². The van der Waals surface area contributed by atoms with Crippen LogP contribution in [0, 0.1) is 29.1 Å². The molecule has 2 aliphatic carbocycles. The molecule has 2 aliphatic rings. The Balaban J connectivity index is 1.93. The highest BCUT2D eigenvalue weighted by Crippen LogP contribution is 2.63. The van der Waals surface area contributed by atoms with Gasteiger partial charge in [-0.1, -0.05) is 40.5 Å². The lowest BCUT2D eigenvalue weighted by molar-refractivity contribution is 0.130. The monoisotopic (exact) mass is 237 g/mol. The summed E-state index contributed by atoms with van der Waals surface area (Å²) in [4.78, 5) is 0. The predicted octanol–water partition coefficient (Wildman–Crippen LogP) is 4.08. The van der Waals surface area contributed by atoms with Crippen molar-refractivity contribution in [2.45, 2.75) is 59.8 Å². The second-order valence-electron chi connectivity index (χ2n) is 7.06. The zero-order chi connectivity index (χ0) is 12.5. The third kappa shape index (κ3) is 2.86. The van der Waals surface area contributed by atoms with E-state index in [-0.39, 0.29) is 0 Å². The Morgan fingerprint density at radius 2 is 1.71 bits per heavy atom. The average Bonchev–Trinajstić information content (AvgIpc) is 2.88. The first-order valence-electron chi connectivity index (χ1n) is 7.82. The number of hydrogen-bond donors (Lipinski definition) is 1. The molecule has 0 saturated heterocycles. The highest BCUT2D eigenvalue weighted by atomic mass is 14.9. The highest BCUT2D eigenvalue weighted by molar-refractivity contribution is 5.06. The van der Waals surface area contributed by atoms with E-state index in [4.69, 9.17) is 0 Å². The van der Waals surface area contributed by atoms with E-state index in [9.17, 15) is 0 Å². The van der Waals surface area contributed by atoms with Crippen LogP contribution in [0.1, 0.15) is 59.8 Å². The lowest BCUT2D eigenvalue weighted by Gasteiger charge is -2.39. The maximum atomic E-state index is 3.76. The molecular weight excluding hydrogens is 206 g/mol. The fourth-order valence-corrected chi connectivity index (χ4v) is 4.32. The summed E-state index contributed by atoms with van der Waals surface area (Å²) in [6.45, 7) is 11.9. The van der Waals surface area contributed by atoms with Gasteiger partial charge in [0.1, 0.15) is 0 Å². The first-order chi connectivity index (χ1) is 8.11. The molecule has 1 nitrogen and oxygen atoms in total. The van der Waals surface area contributed by atoms with Crippen LogP contribution in [0.4, 0.5) is 0 Å². The summed E-state index contributed by atoms with van der Waals surface area (Å²) in [6, 6.07) is 0. The minimum absolute atomic E-state index is 0.659. The van der Waals surface area contributed by atoms with E-state index in [2.05, 4.69) is 33.0 Å². The van der Waals surface area contributed by atoms with Crippen molar-refractivity contribution < 1.29 is 0 Å². The van der Waals surface area contributed by atoms with E-state index in [1.807, 2.05) is 0 Å².